The Balaban J connectivity index is 3.08. The predicted molar refractivity (Wildman–Crippen MR) is 61.5 cm³/mol. The highest BCUT2D eigenvalue weighted by molar-refractivity contribution is 7.93. The molecule has 0 unspecified atom stereocenters. The highest BCUT2D eigenvalue weighted by Crippen LogP contribution is 2.36. The van der Waals surface area contributed by atoms with E-state index in [9.17, 15) is 26.4 Å². The van der Waals surface area contributed by atoms with Crippen molar-refractivity contribution in [2.75, 3.05) is 10.5 Å². The summed E-state index contributed by atoms with van der Waals surface area (Å²) >= 11 is 5.35. The fourth-order valence-corrected chi connectivity index (χ4v) is 2.29. The van der Waals surface area contributed by atoms with Crippen LogP contribution in [0.5, 0.6) is 0 Å². The van der Waals surface area contributed by atoms with E-state index in [0.717, 1.165) is 12.1 Å². The molecule has 0 atom stereocenters. The van der Waals surface area contributed by atoms with Gasteiger partial charge in [0.2, 0.25) is 10.0 Å². The predicted octanol–water partition coefficient (Wildman–Crippen LogP) is 2.19. The van der Waals surface area contributed by atoms with Crippen LogP contribution in [-0.2, 0) is 21.0 Å². The summed E-state index contributed by atoms with van der Waals surface area (Å²) in [5.74, 6) is -2.88. The van der Waals surface area contributed by atoms with E-state index in [2.05, 4.69) is 0 Å². The number of carboxylic acids is 1. The number of carbonyl (C=O) groups is 1. The number of nitrogens with one attached hydrogen (secondary N) is 1. The van der Waals surface area contributed by atoms with Crippen LogP contribution in [0, 0.1) is 0 Å². The van der Waals surface area contributed by atoms with Gasteiger partial charge in [-0.2, -0.15) is 13.2 Å². The molecule has 0 bridgehead atoms. The summed E-state index contributed by atoms with van der Waals surface area (Å²) in [6.07, 6.45) is -4.74. The fourth-order valence-electron chi connectivity index (χ4n) is 1.18. The van der Waals surface area contributed by atoms with E-state index < -0.39 is 44.2 Å². The molecule has 1 rings (SSSR count). The summed E-state index contributed by atoms with van der Waals surface area (Å²) in [6, 6.07) is 2.35. The Labute approximate surface area is 111 Å². The molecule has 1 aromatic rings. The zero-order valence-electron chi connectivity index (χ0n) is 9.03. The van der Waals surface area contributed by atoms with Crippen LogP contribution >= 0.6 is 11.6 Å². The quantitative estimate of drug-likeness (QED) is 0.891. The normalized spacial score (nSPS) is 12.2. The largest absolute Gasteiger partial charge is 0.480 e. The van der Waals surface area contributed by atoms with Crippen LogP contribution in [-0.4, -0.2) is 25.2 Å². The van der Waals surface area contributed by atoms with E-state index in [1.165, 1.54) is 0 Å². The SMILES string of the molecule is O=C(O)CS(=O)(=O)Nc1ccc(Cl)c(C(F)(F)F)c1. The van der Waals surface area contributed by atoms with Crippen LogP contribution < -0.4 is 4.72 Å². The van der Waals surface area contributed by atoms with Gasteiger partial charge in [-0.1, -0.05) is 11.6 Å². The molecule has 0 aromatic heterocycles. The number of hydrogen-bond donors (Lipinski definition) is 2. The number of carboxylic acid groups (broad SMARTS) is 1. The second-order valence-corrected chi connectivity index (χ2v) is 5.58. The molecule has 0 spiro atoms. The van der Waals surface area contributed by atoms with Crippen molar-refractivity contribution in [2.45, 2.75) is 6.18 Å². The molecule has 10 heteroatoms. The topological polar surface area (TPSA) is 83.5 Å². The molecule has 2 N–H and O–H groups in total. The lowest BCUT2D eigenvalue weighted by Gasteiger charge is -2.12. The number of halogens is 4. The molecular weight excluding hydrogens is 311 g/mol. The van der Waals surface area contributed by atoms with Gasteiger partial charge >= 0.3 is 12.1 Å². The first-order valence-corrected chi connectivity index (χ1v) is 6.63. The highest BCUT2D eigenvalue weighted by atomic mass is 35.5. The van der Waals surface area contributed by atoms with Gasteiger partial charge in [0, 0.05) is 5.69 Å². The summed E-state index contributed by atoms with van der Waals surface area (Å²) in [7, 11) is -4.27. The molecule has 0 aliphatic heterocycles. The number of hydrogen-bond acceptors (Lipinski definition) is 3. The van der Waals surface area contributed by atoms with Gasteiger partial charge in [0.1, 0.15) is 0 Å². The molecule has 0 saturated heterocycles. The average molecular weight is 318 g/mol. The second-order valence-electron chi connectivity index (χ2n) is 3.45. The number of rotatable bonds is 4. The minimum Gasteiger partial charge on any atom is -0.480 e. The molecule has 1 aromatic carbocycles. The van der Waals surface area contributed by atoms with Crippen molar-refractivity contribution in [3.8, 4) is 0 Å². The number of sulfonamides is 1. The van der Waals surface area contributed by atoms with Gasteiger partial charge in [0.05, 0.1) is 10.6 Å². The van der Waals surface area contributed by atoms with Crippen LogP contribution in [0.3, 0.4) is 0 Å². The molecule has 0 saturated carbocycles. The maximum atomic E-state index is 12.5. The Morgan fingerprint density at radius 1 is 1.37 bits per heavy atom. The zero-order chi connectivity index (χ0) is 14.8. The Morgan fingerprint density at radius 2 is 1.95 bits per heavy atom. The summed E-state index contributed by atoms with van der Waals surface area (Å²) in [5, 5.41) is 7.75. The lowest BCUT2D eigenvalue weighted by Crippen LogP contribution is -2.22. The van der Waals surface area contributed by atoms with Crippen molar-refractivity contribution in [1.82, 2.24) is 0 Å². The molecule has 0 radical (unpaired) electrons. The van der Waals surface area contributed by atoms with Crippen LogP contribution in [0.15, 0.2) is 18.2 Å². The van der Waals surface area contributed by atoms with Crippen molar-refractivity contribution >= 4 is 33.3 Å². The van der Waals surface area contributed by atoms with Crippen molar-refractivity contribution < 1.29 is 31.5 Å². The van der Waals surface area contributed by atoms with Gasteiger partial charge < -0.3 is 5.11 Å². The van der Waals surface area contributed by atoms with E-state index in [1.54, 1.807) is 4.72 Å². The summed E-state index contributed by atoms with van der Waals surface area (Å²) in [5.41, 5.74) is -1.64. The Kier molecular flexibility index (Phi) is 4.31. The van der Waals surface area contributed by atoms with Crippen LogP contribution in [0.25, 0.3) is 0 Å². The number of alkyl halides is 3. The monoisotopic (exact) mass is 317 g/mol. The number of aliphatic carboxylic acids is 1. The third-order valence-corrected chi connectivity index (χ3v) is 3.36. The zero-order valence-corrected chi connectivity index (χ0v) is 10.6. The first kappa shape index (κ1) is 15.6. The van der Waals surface area contributed by atoms with Crippen molar-refractivity contribution in [3.05, 3.63) is 28.8 Å². The molecule has 0 fully saturated rings. The summed E-state index contributed by atoms with van der Waals surface area (Å²) in [4.78, 5) is 10.3. The first-order chi connectivity index (χ1) is 8.51. The van der Waals surface area contributed by atoms with E-state index >= 15 is 0 Å². The van der Waals surface area contributed by atoms with E-state index in [0.29, 0.717) is 6.07 Å². The van der Waals surface area contributed by atoms with Crippen molar-refractivity contribution in [1.29, 1.82) is 0 Å². The van der Waals surface area contributed by atoms with E-state index in [1.807, 2.05) is 0 Å². The first-order valence-electron chi connectivity index (χ1n) is 4.60. The highest BCUT2D eigenvalue weighted by Gasteiger charge is 2.33. The van der Waals surface area contributed by atoms with Crippen molar-refractivity contribution in [3.63, 3.8) is 0 Å². The fraction of sp³-hybridized carbons (Fsp3) is 0.222. The molecule has 0 heterocycles. The lowest BCUT2D eigenvalue weighted by atomic mass is 10.2. The Morgan fingerprint density at radius 3 is 2.42 bits per heavy atom. The molecule has 5 nitrogen and oxygen atoms in total. The summed E-state index contributed by atoms with van der Waals surface area (Å²) in [6.45, 7) is 0. The van der Waals surface area contributed by atoms with Gasteiger partial charge in [-0.25, -0.2) is 8.42 Å². The maximum absolute atomic E-state index is 12.5. The van der Waals surface area contributed by atoms with Gasteiger partial charge in [-0.3, -0.25) is 9.52 Å². The second kappa shape index (κ2) is 5.25. The van der Waals surface area contributed by atoms with Crippen LogP contribution in [0.2, 0.25) is 5.02 Å². The molecule has 19 heavy (non-hydrogen) atoms. The van der Waals surface area contributed by atoms with Crippen LogP contribution in [0.1, 0.15) is 5.56 Å². The Hall–Kier alpha value is -1.48. The number of anilines is 1. The molecular formula is C9H7ClF3NO4S. The van der Waals surface area contributed by atoms with E-state index in [-0.39, 0.29) is 0 Å². The minimum absolute atomic E-state index is 0.419. The standard InChI is InChI=1S/C9H7ClF3NO4S/c10-7-2-1-5(3-6(7)9(11,12)13)14-19(17,18)4-8(15)16/h1-3,14H,4H2,(H,15,16). The molecule has 0 aliphatic carbocycles. The van der Waals surface area contributed by atoms with Gasteiger partial charge in [0.15, 0.2) is 5.75 Å². The third kappa shape index (κ3) is 4.60. The third-order valence-electron chi connectivity index (χ3n) is 1.86. The summed E-state index contributed by atoms with van der Waals surface area (Å²) < 4.78 is 61.8. The van der Waals surface area contributed by atoms with Gasteiger partial charge in [-0.15, -0.1) is 0 Å². The van der Waals surface area contributed by atoms with Crippen LogP contribution in [0.4, 0.5) is 18.9 Å². The molecule has 0 amide bonds. The van der Waals surface area contributed by atoms with Gasteiger partial charge in [-0.05, 0) is 18.2 Å². The number of benzene rings is 1. The molecule has 0 aliphatic rings. The average Bonchev–Trinajstić information content (AvgIpc) is 2.16. The maximum Gasteiger partial charge on any atom is 0.417 e. The minimum atomic E-state index is -4.74. The lowest BCUT2D eigenvalue weighted by molar-refractivity contribution is -0.137. The smallest absolute Gasteiger partial charge is 0.417 e. The van der Waals surface area contributed by atoms with Gasteiger partial charge in [0.25, 0.3) is 0 Å². The van der Waals surface area contributed by atoms with Crippen molar-refractivity contribution in [2.24, 2.45) is 0 Å². The molecule has 106 valence electrons. The van der Waals surface area contributed by atoms with E-state index in [4.69, 9.17) is 16.7 Å². The Bertz CT molecular complexity index is 600.